The molecule has 0 spiro atoms. The van der Waals surface area contributed by atoms with Crippen LogP contribution in [0, 0.1) is 0 Å². The van der Waals surface area contributed by atoms with Crippen molar-refractivity contribution < 1.29 is 10.2 Å². The van der Waals surface area contributed by atoms with E-state index in [0.29, 0.717) is 23.7 Å². The molecule has 0 saturated carbocycles. The summed E-state index contributed by atoms with van der Waals surface area (Å²) in [6.07, 6.45) is -0.629. The third-order valence-corrected chi connectivity index (χ3v) is 2.23. The molecular formula is C10H14ClNO2. The van der Waals surface area contributed by atoms with E-state index >= 15 is 0 Å². The van der Waals surface area contributed by atoms with E-state index in [9.17, 15) is 5.11 Å². The third-order valence-electron chi connectivity index (χ3n) is 1.89. The summed E-state index contributed by atoms with van der Waals surface area (Å²) in [6.45, 7) is 0.932. The molecule has 0 saturated heterocycles. The molecular weight excluding hydrogens is 202 g/mol. The Morgan fingerprint density at radius 3 is 2.71 bits per heavy atom. The van der Waals surface area contributed by atoms with Crippen molar-refractivity contribution >= 4 is 11.6 Å². The van der Waals surface area contributed by atoms with Gasteiger partial charge in [-0.25, -0.2) is 0 Å². The van der Waals surface area contributed by atoms with Crippen molar-refractivity contribution in [2.24, 2.45) is 0 Å². The molecule has 78 valence electrons. The van der Waals surface area contributed by atoms with Gasteiger partial charge in [0.15, 0.2) is 0 Å². The van der Waals surface area contributed by atoms with Gasteiger partial charge in [0.1, 0.15) is 0 Å². The van der Waals surface area contributed by atoms with Crippen LogP contribution in [0.25, 0.3) is 0 Å². The second-order valence-corrected chi connectivity index (χ2v) is 3.37. The van der Waals surface area contributed by atoms with Crippen molar-refractivity contribution in [3.63, 3.8) is 0 Å². The summed E-state index contributed by atoms with van der Waals surface area (Å²) < 4.78 is 0. The average Bonchev–Trinajstić information content (AvgIpc) is 2.18. The Bertz CT molecular complexity index is 281. The van der Waals surface area contributed by atoms with Gasteiger partial charge in [0.2, 0.25) is 0 Å². The number of aliphatic hydroxyl groups excluding tert-OH is 2. The van der Waals surface area contributed by atoms with Crippen molar-refractivity contribution in [1.82, 2.24) is 5.32 Å². The second kappa shape index (κ2) is 5.98. The summed E-state index contributed by atoms with van der Waals surface area (Å²) in [6, 6.07) is 7.18. The van der Waals surface area contributed by atoms with Crippen LogP contribution < -0.4 is 5.32 Å². The zero-order valence-electron chi connectivity index (χ0n) is 7.78. The summed E-state index contributed by atoms with van der Waals surface area (Å²) in [5, 5.41) is 21.7. The Kier molecular flexibility index (Phi) is 4.90. The molecule has 0 bridgehead atoms. The monoisotopic (exact) mass is 215 g/mol. The lowest BCUT2D eigenvalue weighted by Crippen LogP contribution is -2.24. The molecule has 1 aromatic rings. The van der Waals surface area contributed by atoms with Crippen molar-refractivity contribution in [2.75, 3.05) is 19.7 Å². The molecule has 0 amide bonds. The largest absolute Gasteiger partial charge is 0.395 e. The van der Waals surface area contributed by atoms with Gasteiger partial charge in [-0.1, -0.05) is 29.8 Å². The minimum atomic E-state index is -0.629. The Morgan fingerprint density at radius 1 is 1.36 bits per heavy atom. The third kappa shape index (κ3) is 3.27. The van der Waals surface area contributed by atoms with Gasteiger partial charge in [-0.3, -0.25) is 0 Å². The lowest BCUT2D eigenvalue weighted by Gasteiger charge is -2.12. The summed E-state index contributed by atoms with van der Waals surface area (Å²) in [5.41, 5.74) is 0.708. The summed E-state index contributed by atoms with van der Waals surface area (Å²) in [4.78, 5) is 0. The normalized spacial score (nSPS) is 12.8. The molecule has 14 heavy (non-hydrogen) atoms. The molecule has 0 unspecified atom stereocenters. The van der Waals surface area contributed by atoms with Crippen molar-refractivity contribution in [1.29, 1.82) is 0 Å². The number of aliphatic hydroxyl groups is 2. The van der Waals surface area contributed by atoms with Gasteiger partial charge in [0.25, 0.3) is 0 Å². The zero-order chi connectivity index (χ0) is 10.4. The Hall–Kier alpha value is -0.610. The first-order valence-electron chi connectivity index (χ1n) is 4.49. The quantitative estimate of drug-likeness (QED) is 0.642. The van der Waals surface area contributed by atoms with Gasteiger partial charge < -0.3 is 15.5 Å². The fraction of sp³-hybridized carbons (Fsp3) is 0.400. The molecule has 3 nitrogen and oxygen atoms in total. The van der Waals surface area contributed by atoms with E-state index in [0.717, 1.165) is 0 Å². The lowest BCUT2D eigenvalue weighted by atomic mass is 10.1. The first kappa shape index (κ1) is 11.5. The van der Waals surface area contributed by atoms with Gasteiger partial charge in [-0.15, -0.1) is 0 Å². The smallest absolute Gasteiger partial charge is 0.0928 e. The van der Waals surface area contributed by atoms with Crippen molar-refractivity contribution in [3.05, 3.63) is 34.9 Å². The number of halogens is 1. The van der Waals surface area contributed by atoms with E-state index in [4.69, 9.17) is 16.7 Å². The number of nitrogens with one attached hydrogen (secondary N) is 1. The van der Waals surface area contributed by atoms with Crippen LogP contribution in [0.3, 0.4) is 0 Å². The highest BCUT2D eigenvalue weighted by Crippen LogP contribution is 2.21. The van der Waals surface area contributed by atoms with Crippen molar-refractivity contribution in [2.45, 2.75) is 6.10 Å². The van der Waals surface area contributed by atoms with Crippen LogP contribution >= 0.6 is 11.6 Å². The molecule has 3 N–H and O–H groups in total. The van der Waals surface area contributed by atoms with E-state index in [1.54, 1.807) is 12.1 Å². The van der Waals surface area contributed by atoms with Gasteiger partial charge in [-0.05, 0) is 6.07 Å². The first-order chi connectivity index (χ1) is 6.75. The summed E-state index contributed by atoms with van der Waals surface area (Å²) in [5.74, 6) is 0. The molecule has 0 heterocycles. The van der Waals surface area contributed by atoms with Crippen LogP contribution in [0.4, 0.5) is 0 Å². The number of hydrogen-bond acceptors (Lipinski definition) is 3. The first-order valence-corrected chi connectivity index (χ1v) is 4.87. The Balaban J connectivity index is 2.51. The zero-order valence-corrected chi connectivity index (χ0v) is 8.54. The molecule has 1 aromatic carbocycles. The minimum Gasteiger partial charge on any atom is -0.395 e. The molecule has 4 heteroatoms. The highest BCUT2D eigenvalue weighted by atomic mass is 35.5. The summed E-state index contributed by atoms with van der Waals surface area (Å²) in [7, 11) is 0. The topological polar surface area (TPSA) is 52.5 Å². The van der Waals surface area contributed by atoms with Gasteiger partial charge in [0, 0.05) is 23.7 Å². The van der Waals surface area contributed by atoms with Gasteiger partial charge in [0.05, 0.1) is 12.7 Å². The molecule has 0 aliphatic rings. The van der Waals surface area contributed by atoms with Crippen molar-refractivity contribution in [3.8, 4) is 0 Å². The highest BCUT2D eigenvalue weighted by molar-refractivity contribution is 6.31. The van der Waals surface area contributed by atoms with Crippen LogP contribution in [-0.2, 0) is 0 Å². The van der Waals surface area contributed by atoms with Gasteiger partial charge in [-0.2, -0.15) is 0 Å². The molecule has 0 aliphatic carbocycles. The number of hydrogen-bond donors (Lipinski definition) is 3. The molecule has 0 aliphatic heterocycles. The van der Waals surface area contributed by atoms with E-state index < -0.39 is 6.10 Å². The maximum absolute atomic E-state index is 9.70. The summed E-state index contributed by atoms with van der Waals surface area (Å²) >= 11 is 5.89. The Labute approximate surface area is 88.3 Å². The molecule has 1 atom stereocenters. The van der Waals surface area contributed by atoms with E-state index in [2.05, 4.69) is 5.32 Å². The molecule has 1 rings (SSSR count). The highest BCUT2D eigenvalue weighted by Gasteiger charge is 2.09. The van der Waals surface area contributed by atoms with E-state index in [1.165, 1.54) is 0 Å². The number of rotatable bonds is 5. The maximum Gasteiger partial charge on any atom is 0.0928 e. The van der Waals surface area contributed by atoms with E-state index in [1.807, 2.05) is 12.1 Å². The lowest BCUT2D eigenvalue weighted by molar-refractivity contribution is 0.171. The van der Waals surface area contributed by atoms with Crippen LogP contribution in [-0.4, -0.2) is 29.9 Å². The minimum absolute atomic E-state index is 0.0647. The van der Waals surface area contributed by atoms with Crippen LogP contribution in [0.2, 0.25) is 5.02 Å². The fourth-order valence-electron chi connectivity index (χ4n) is 1.17. The van der Waals surface area contributed by atoms with Crippen LogP contribution in [0.5, 0.6) is 0 Å². The SMILES string of the molecule is OCCNC[C@H](O)c1ccccc1Cl. The average molecular weight is 216 g/mol. The van der Waals surface area contributed by atoms with Gasteiger partial charge >= 0.3 is 0 Å². The standard InChI is InChI=1S/C10H14ClNO2/c11-9-4-2-1-3-8(9)10(14)7-12-5-6-13/h1-4,10,12-14H,5-7H2/t10-/m0/s1. The fourth-order valence-corrected chi connectivity index (χ4v) is 1.43. The number of benzene rings is 1. The molecule has 0 fully saturated rings. The van der Waals surface area contributed by atoms with Crippen LogP contribution in [0.15, 0.2) is 24.3 Å². The Morgan fingerprint density at radius 2 is 2.07 bits per heavy atom. The predicted molar refractivity (Wildman–Crippen MR) is 56.4 cm³/mol. The predicted octanol–water partition coefficient (Wildman–Crippen LogP) is 0.955. The molecule has 0 aromatic heterocycles. The molecule has 0 radical (unpaired) electrons. The van der Waals surface area contributed by atoms with Crippen LogP contribution in [0.1, 0.15) is 11.7 Å². The maximum atomic E-state index is 9.70. The second-order valence-electron chi connectivity index (χ2n) is 2.97. The van der Waals surface area contributed by atoms with E-state index in [-0.39, 0.29) is 6.61 Å².